The van der Waals surface area contributed by atoms with Crippen molar-refractivity contribution in [3.05, 3.63) is 0 Å². The molecule has 0 aromatic rings. The molecule has 0 aromatic carbocycles. The maximum absolute atomic E-state index is 5.83. The molecule has 0 aromatic heterocycles. The highest BCUT2D eigenvalue weighted by molar-refractivity contribution is 4.85. The molecular weight excluding hydrogens is 188 g/mol. The normalized spacial score (nSPS) is 33.2. The van der Waals surface area contributed by atoms with Crippen LogP contribution >= 0.6 is 0 Å². The van der Waals surface area contributed by atoms with Crippen molar-refractivity contribution in [1.82, 2.24) is 4.90 Å². The molecule has 2 aliphatic heterocycles. The predicted octanol–water partition coefficient (Wildman–Crippen LogP) is 1.22. The van der Waals surface area contributed by atoms with Gasteiger partial charge in [-0.05, 0) is 31.7 Å². The van der Waals surface area contributed by atoms with Gasteiger partial charge in [0.1, 0.15) is 0 Å². The maximum Gasteiger partial charge on any atom is 0.0707 e. The Morgan fingerprint density at radius 2 is 2.00 bits per heavy atom. The van der Waals surface area contributed by atoms with Crippen LogP contribution in [0.4, 0.5) is 0 Å². The molecule has 2 rings (SSSR count). The minimum Gasteiger partial charge on any atom is -0.372 e. The van der Waals surface area contributed by atoms with Gasteiger partial charge in [-0.2, -0.15) is 0 Å². The molecule has 2 N–H and O–H groups in total. The van der Waals surface area contributed by atoms with Gasteiger partial charge >= 0.3 is 0 Å². The first kappa shape index (κ1) is 11.4. The van der Waals surface area contributed by atoms with Crippen molar-refractivity contribution >= 4 is 0 Å². The van der Waals surface area contributed by atoms with Crippen LogP contribution in [0.3, 0.4) is 0 Å². The number of ether oxygens (including phenoxy) is 1. The lowest BCUT2D eigenvalue weighted by atomic mass is 10.0. The second-order valence-corrected chi connectivity index (χ2v) is 5.07. The summed E-state index contributed by atoms with van der Waals surface area (Å²) >= 11 is 0. The van der Waals surface area contributed by atoms with E-state index in [1.807, 2.05) is 0 Å². The van der Waals surface area contributed by atoms with E-state index in [1.165, 1.54) is 32.2 Å². The van der Waals surface area contributed by atoms with Crippen LogP contribution in [0.25, 0.3) is 0 Å². The Morgan fingerprint density at radius 3 is 2.53 bits per heavy atom. The van der Waals surface area contributed by atoms with E-state index in [0.717, 1.165) is 19.6 Å². The summed E-state index contributed by atoms with van der Waals surface area (Å²) in [6, 6.07) is 0. The summed E-state index contributed by atoms with van der Waals surface area (Å²) in [6.45, 7) is 6.53. The van der Waals surface area contributed by atoms with Gasteiger partial charge in [0.2, 0.25) is 0 Å². The molecule has 88 valence electrons. The molecule has 3 unspecified atom stereocenters. The molecule has 3 heteroatoms. The Bertz CT molecular complexity index is 186. The zero-order valence-corrected chi connectivity index (χ0v) is 9.82. The fourth-order valence-electron chi connectivity index (χ4n) is 2.91. The summed E-state index contributed by atoms with van der Waals surface area (Å²) < 4.78 is 5.83. The van der Waals surface area contributed by atoms with E-state index < -0.39 is 0 Å². The summed E-state index contributed by atoms with van der Waals surface area (Å²) in [6.07, 6.45) is 6.08. The predicted molar refractivity (Wildman–Crippen MR) is 61.8 cm³/mol. The molecule has 2 fully saturated rings. The molecule has 3 atom stereocenters. The quantitative estimate of drug-likeness (QED) is 0.745. The molecule has 2 saturated heterocycles. The first-order valence-corrected chi connectivity index (χ1v) is 6.39. The van der Waals surface area contributed by atoms with Gasteiger partial charge in [-0.15, -0.1) is 0 Å². The third-order valence-corrected chi connectivity index (χ3v) is 3.67. The summed E-state index contributed by atoms with van der Waals surface area (Å²) in [5, 5.41) is 0. The Morgan fingerprint density at radius 1 is 1.33 bits per heavy atom. The Balaban J connectivity index is 1.78. The number of morpholine rings is 1. The SMILES string of the molecule is CCCC(CN)CN1CC2CCC(C1)O2. The Labute approximate surface area is 93.0 Å². The van der Waals surface area contributed by atoms with Crippen LogP contribution in [0.15, 0.2) is 0 Å². The fourth-order valence-corrected chi connectivity index (χ4v) is 2.91. The smallest absolute Gasteiger partial charge is 0.0707 e. The van der Waals surface area contributed by atoms with Crippen molar-refractivity contribution in [2.45, 2.75) is 44.8 Å². The average molecular weight is 212 g/mol. The largest absolute Gasteiger partial charge is 0.372 e. The van der Waals surface area contributed by atoms with Gasteiger partial charge < -0.3 is 10.5 Å². The second kappa shape index (κ2) is 5.28. The number of nitrogens with two attached hydrogens (primary N) is 1. The first-order valence-electron chi connectivity index (χ1n) is 6.39. The molecule has 2 aliphatic rings. The summed E-state index contributed by atoms with van der Waals surface area (Å²) in [4.78, 5) is 2.57. The van der Waals surface area contributed by atoms with Crippen molar-refractivity contribution in [2.75, 3.05) is 26.2 Å². The van der Waals surface area contributed by atoms with Crippen molar-refractivity contribution in [1.29, 1.82) is 0 Å². The standard InChI is InChI=1S/C12H24N2O/c1-2-3-10(6-13)7-14-8-11-4-5-12(9-14)15-11/h10-12H,2-9,13H2,1H3. The van der Waals surface area contributed by atoms with Crippen LogP contribution in [0.2, 0.25) is 0 Å². The monoisotopic (exact) mass is 212 g/mol. The van der Waals surface area contributed by atoms with E-state index in [2.05, 4.69) is 11.8 Å². The molecule has 0 amide bonds. The topological polar surface area (TPSA) is 38.5 Å². The molecule has 2 heterocycles. The molecule has 0 aliphatic carbocycles. The highest BCUT2D eigenvalue weighted by atomic mass is 16.5. The van der Waals surface area contributed by atoms with Crippen LogP contribution in [0.1, 0.15) is 32.6 Å². The maximum atomic E-state index is 5.83. The lowest BCUT2D eigenvalue weighted by Crippen LogP contribution is -2.45. The number of likely N-dealkylation sites (tertiary alicyclic amines) is 1. The van der Waals surface area contributed by atoms with Gasteiger partial charge in [0.25, 0.3) is 0 Å². The third kappa shape index (κ3) is 2.92. The van der Waals surface area contributed by atoms with Gasteiger partial charge in [-0.1, -0.05) is 13.3 Å². The number of rotatable bonds is 5. The second-order valence-electron chi connectivity index (χ2n) is 5.07. The summed E-state index contributed by atoms with van der Waals surface area (Å²) in [5.41, 5.74) is 5.80. The van der Waals surface area contributed by atoms with Crippen LogP contribution in [-0.4, -0.2) is 43.3 Å². The minimum absolute atomic E-state index is 0.517. The molecule has 0 radical (unpaired) electrons. The van der Waals surface area contributed by atoms with Gasteiger partial charge in [0.05, 0.1) is 12.2 Å². The van der Waals surface area contributed by atoms with E-state index in [9.17, 15) is 0 Å². The zero-order chi connectivity index (χ0) is 10.7. The molecule has 0 saturated carbocycles. The van der Waals surface area contributed by atoms with E-state index in [0.29, 0.717) is 18.1 Å². The van der Waals surface area contributed by atoms with E-state index in [1.54, 1.807) is 0 Å². The van der Waals surface area contributed by atoms with Crippen LogP contribution in [-0.2, 0) is 4.74 Å². The highest BCUT2D eigenvalue weighted by Crippen LogP contribution is 2.26. The summed E-state index contributed by atoms with van der Waals surface area (Å²) in [5.74, 6) is 0.687. The lowest BCUT2D eigenvalue weighted by molar-refractivity contribution is -0.0424. The first-order chi connectivity index (χ1) is 7.31. The van der Waals surface area contributed by atoms with E-state index in [4.69, 9.17) is 10.5 Å². The van der Waals surface area contributed by atoms with E-state index in [-0.39, 0.29) is 0 Å². The minimum atomic E-state index is 0.517. The average Bonchev–Trinajstić information content (AvgIpc) is 2.57. The van der Waals surface area contributed by atoms with Crippen LogP contribution in [0, 0.1) is 5.92 Å². The number of hydrogen-bond acceptors (Lipinski definition) is 3. The van der Waals surface area contributed by atoms with Crippen molar-refractivity contribution < 1.29 is 4.74 Å². The molecule has 3 nitrogen and oxygen atoms in total. The summed E-state index contributed by atoms with van der Waals surface area (Å²) in [7, 11) is 0. The molecule has 15 heavy (non-hydrogen) atoms. The number of hydrogen-bond donors (Lipinski definition) is 1. The van der Waals surface area contributed by atoms with Gasteiger partial charge in [0, 0.05) is 19.6 Å². The Kier molecular flexibility index (Phi) is 4.00. The van der Waals surface area contributed by atoms with Crippen LogP contribution in [0.5, 0.6) is 0 Å². The number of fused-ring (bicyclic) bond motifs is 2. The van der Waals surface area contributed by atoms with Gasteiger partial charge in [-0.3, -0.25) is 4.90 Å². The van der Waals surface area contributed by atoms with Crippen molar-refractivity contribution in [3.63, 3.8) is 0 Å². The van der Waals surface area contributed by atoms with Crippen molar-refractivity contribution in [2.24, 2.45) is 11.7 Å². The molecule has 0 spiro atoms. The highest BCUT2D eigenvalue weighted by Gasteiger charge is 2.33. The molecular formula is C12H24N2O. The van der Waals surface area contributed by atoms with Crippen LogP contribution < -0.4 is 5.73 Å². The zero-order valence-electron chi connectivity index (χ0n) is 9.82. The molecule has 2 bridgehead atoms. The third-order valence-electron chi connectivity index (χ3n) is 3.67. The fraction of sp³-hybridized carbons (Fsp3) is 1.00. The van der Waals surface area contributed by atoms with E-state index >= 15 is 0 Å². The number of nitrogens with zero attached hydrogens (tertiary/aromatic N) is 1. The van der Waals surface area contributed by atoms with Gasteiger partial charge in [0.15, 0.2) is 0 Å². The van der Waals surface area contributed by atoms with Crippen molar-refractivity contribution in [3.8, 4) is 0 Å². The van der Waals surface area contributed by atoms with Gasteiger partial charge in [-0.25, -0.2) is 0 Å². The lowest BCUT2D eigenvalue weighted by Gasteiger charge is -2.34. The Hall–Kier alpha value is -0.120.